The minimum Gasteiger partial charge on any atom is -0.489 e. The van der Waals surface area contributed by atoms with E-state index in [9.17, 15) is 13.2 Å². The van der Waals surface area contributed by atoms with Crippen molar-refractivity contribution in [2.24, 2.45) is 0 Å². The van der Waals surface area contributed by atoms with Crippen molar-refractivity contribution >= 4 is 33.2 Å². The molecule has 0 saturated heterocycles. The average molecular weight is 489 g/mol. The molecule has 0 saturated carbocycles. The van der Waals surface area contributed by atoms with E-state index in [-0.39, 0.29) is 28.2 Å². The summed E-state index contributed by atoms with van der Waals surface area (Å²) in [6.45, 7) is 2.37. The molecule has 0 aliphatic carbocycles. The standard InChI is InChI=1S/C24H25ClN2O5S/c1-2-14-26-33(29,30)21-12-13-23(22(25)15-21)32-17-24(28)27-19-8-10-20(11-9-19)31-16-18-6-4-3-5-7-18/h3-13,15,26H,2,14,16-17H2,1H3,(H,27,28). The van der Waals surface area contributed by atoms with Gasteiger partial charge in [0.15, 0.2) is 6.61 Å². The molecule has 9 heteroatoms. The topological polar surface area (TPSA) is 93.7 Å². The Hall–Kier alpha value is -3.07. The molecule has 0 spiro atoms. The molecular formula is C24H25ClN2O5S. The third-order valence-corrected chi connectivity index (χ3v) is 6.25. The van der Waals surface area contributed by atoms with Gasteiger partial charge in [-0.3, -0.25) is 4.79 Å². The molecule has 0 aromatic heterocycles. The van der Waals surface area contributed by atoms with E-state index >= 15 is 0 Å². The number of anilines is 1. The molecule has 0 unspecified atom stereocenters. The Labute approximate surface area is 198 Å². The van der Waals surface area contributed by atoms with Gasteiger partial charge < -0.3 is 14.8 Å². The highest BCUT2D eigenvalue weighted by atomic mass is 35.5. The first-order valence-corrected chi connectivity index (χ1v) is 12.2. The first-order chi connectivity index (χ1) is 15.9. The number of ether oxygens (including phenoxy) is 2. The monoisotopic (exact) mass is 488 g/mol. The van der Waals surface area contributed by atoms with Crippen LogP contribution in [-0.4, -0.2) is 27.5 Å². The number of rotatable bonds is 11. The molecule has 0 fully saturated rings. The van der Waals surface area contributed by atoms with E-state index in [4.69, 9.17) is 21.1 Å². The molecule has 0 heterocycles. The molecule has 3 aromatic rings. The Morgan fingerprint density at radius 2 is 1.70 bits per heavy atom. The van der Waals surface area contributed by atoms with Gasteiger partial charge in [-0.25, -0.2) is 13.1 Å². The van der Waals surface area contributed by atoms with Gasteiger partial charge in [-0.05, 0) is 54.4 Å². The van der Waals surface area contributed by atoms with Crippen molar-refractivity contribution in [3.63, 3.8) is 0 Å². The van der Waals surface area contributed by atoms with Gasteiger partial charge in [0.1, 0.15) is 18.1 Å². The zero-order valence-electron chi connectivity index (χ0n) is 18.1. The smallest absolute Gasteiger partial charge is 0.262 e. The number of benzene rings is 3. The lowest BCUT2D eigenvalue weighted by Crippen LogP contribution is -2.24. The van der Waals surface area contributed by atoms with E-state index < -0.39 is 10.0 Å². The lowest BCUT2D eigenvalue weighted by Gasteiger charge is -2.11. The van der Waals surface area contributed by atoms with E-state index in [1.165, 1.54) is 18.2 Å². The molecule has 0 bridgehead atoms. The Morgan fingerprint density at radius 1 is 0.970 bits per heavy atom. The summed E-state index contributed by atoms with van der Waals surface area (Å²) >= 11 is 6.14. The van der Waals surface area contributed by atoms with Crippen molar-refractivity contribution in [1.29, 1.82) is 0 Å². The summed E-state index contributed by atoms with van der Waals surface area (Å²) in [5, 5.41) is 2.82. The van der Waals surface area contributed by atoms with Gasteiger partial charge in [0, 0.05) is 12.2 Å². The van der Waals surface area contributed by atoms with Crippen LogP contribution in [0.1, 0.15) is 18.9 Å². The maximum Gasteiger partial charge on any atom is 0.262 e. The molecular weight excluding hydrogens is 464 g/mol. The second-order valence-electron chi connectivity index (χ2n) is 7.13. The van der Waals surface area contributed by atoms with Crippen LogP contribution in [0.5, 0.6) is 11.5 Å². The quantitative estimate of drug-likeness (QED) is 0.410. The van der Waals surface area contributed by atoms with Crippen LogP contribution in [0.4, 0.5) is 5.69 Å². The number of nitrogens with one attached hydrogen (secondary N) is 2. The van der Waals surface area contributed by atoms with Gasteiger partial charge in [-0.15, -0.1) is 0 Å². The highest BCUT2D eigenvalue weighted by molar-refractivity contribution is 7.89. The number of carbonyl (C=O) groups is 1. The van der Waals surface area contributed by atoms with Crippen molar-refractivity contribution in [2.75, 3.05) is 18.5 Å². The third kappa shape index (κ3) is 7.49. The van der Waals surface area contributed by atoms with Crippen LogP contribution in [0.2, 0.25) is 5.02 Å². The Morgan fingerprint density at radius 3 is 2.36 bits per heavy atom. The predicted molar refractivity (Wildman–Crippen MR) is 128 cm³/mol. The lowest BCUT2D eigenvalue weighted by atomic mass is 10.2. The molecule has 3 aromatic carbocycles. The summed E-state index contributed by atoms with van der Waals surface area (Å²) in [5.74, 6) is 0.514. The normalized spacial score (nSPS) is 11.1. The number of carbonyl (C=O) groups excluding carboxylic acids is 1. The summed E-state index contributed by atoms with van der Waals surface area (Å²) in [4.78, 5) is 12.3. The maximum atomic E-state index is 12.2. The van der Waals surface area contributed by atoms with Gasteiger partial charge in [0.2, 0.25) is 10.0 Å². The van der Waals surface area contributed by atoms with Gasteiger partial charge in [0.05, 0.1) is 9.92 Å². The van der Waals surface area contributed by atoms with Crippen LogP contribution in [0.15, 0.2) is 77.7 Å². The minimum absolute atomic E-state index is 0.0346. The number of amides is 1. The fraction of sp³-hybridized carbons (Fsp3) is 0.208. The third-order valence-electron chi connectivity index (χ3n) is 4.50. The maximum absolute atomic E-state index is 12.2. The van der Waals surface area contributed by atoms with E-state index in [0.717, 1.165) is 5.56 Å². The zero-order valence-corrected chi connectivity index (χ0v) is 19.7. The van der Waals surface area contributed by atoms with Crippen LogP contribution in [-0.2, 0) is 21.4 Å². The first-order valence-electron chi connectivity index (χ1n) is 10.4. The Balaban J connectivity index is 1.50. The summed E-state index contributed by atoms with van der Waals surface area (Å²) in [6, 6.07) is 20.9. The summed E-state index contributed by atoms with van der Waals surface area (Å²) in [6.07, 6.45) is 0.673. The number of hydrogen-bond acceptors (Lipinski definition) is 5. The van der Waals surface area contributed by atoms with Crippen molar-refractivity contribution < 1.29 is 22.7 Å². The highest BCUT2D eigenvalue weighted by Crippen LogP contribution is 2.27. The van der Waals surface area contributed by atoms with E-state index in [2.05, 4.69) is 10.0 Å². The number of hydrogen-bond donors (Lipinski definition) is 2. The lowest BCUT2D eigenvalue weighted by molar-refractivity contribution is -0.118. The largest absolute Gasteiger partial charge is 0.489 e. The first kappa shape index (κ1) is 24.6. The Kier molecular flexibility index (Phi) is 8.71. The molecule has 1 amide bonds. The highest BCUT2D eigenvalue weighted by Gasteiger charge is 2.16. The van der Waals surface area contributed by atoms with Crippen molar-refractivity contribution in [3.8, 4) is 11.5 Å². The fourth-order valence-corrected chi connectivity index (χ4v) is 4.26. The molecule has 0 atom stereocenters. The van der Waals surface area contributed by atoms with E-state index in [1.54, 1.807) is 24.3 Å². The second kappa shape index (κ2) is 11.7. The molecule has 0 aliphatic rings. The SMILES string of the molecule is CCCNS(=O)(=O)c1ccc(OCC(=O)Nc2ccc(OCc3ccccc3)cc2)c(Cl)c1. The molecule has 3 rings (SSSR count). The fourth-order valence-electron chi connectivity index (χ4n) is 2.80. The van der Waals surface area contributed by atoms with Crippen LogP contribution in [0, 0.1) is 0 Å². The predicted octanol–water partition coefficient (Wildman–Crippen LogP) is 4.62. The van der Waals surface area contributed by atoms with Gasteiger partial charge >= 0.3 is 0 Å². The van der Waals surface area contributed by atoms with Crippen LogP contribution in [0.25, 0.3) is 0 Å². The van der Waals surface area contributed by atoms with Gasteiger partial charge in [-0.1, -0.05) is 48.9 Å². The van der Waals surface area contributed by atoms with E-state index in [1.807, 2.05) is 37.3 Å². The molecule has 0 aliphatic heterocycles. The second-order valence-corrected chi connectivity index (χ2v) is 9.30. The summed E-state index contributed by atoms with van der Waals surface area (Å²) in [7, 11) is -3.64. The summed E-state index contributed by atoms with van der Waals surface area (Å²) in [5.41, 5.74) is 1.65. The van der Waals surface area contributed by atoms with Crippen LogP contribution < -0.4 is 19.5 Å². The molecule has 7 nitrogen and oxygen atoms in total. The van der Waals surface area contributed by atoms with Crippen molar-refractivity contribution in [3.05, 3.63) is 83.4 Å². The average Bonchev–Trinajstić information content (AvgIpc) is 2.82. The van der Waals surface area contributed by atoms with Gasteiger partial charge in [-0.2, -0.15) is 0 Å². The van der Waals surface area contributed by atoms with Crippen LogP contribution in [0.3, 0.4) is 0 Å². The molecule has 174 valence electrons. The molecule has 0 radical (unpaired) electrons. The van der Waals surface area contributed by atoms with Crippen molar-refractivity contribution in [2.45, 2.75) is 24.8 Å². The van der Waals surface area contributed by atoms with Gasteiger partial charge in [0.25, 0.3) is 5.91 Å². The van der Waals surface area contributed by atoms with Crippen molar-refractivity contribution in [1.82, 2.24) is 4.72 Å². The Bertz CT molecular complexity index is 1170. The molecule has 2 N–H and O–H groups in total. The molecule has 33 heavy (non-hydrogen) atoms. The van der Waals surface area contributed by atoms with Crippen LogP contribution >= 0.6 is 11.6 Å². The number of sulfonamides is 1. The minimum atomic E-state index is -3.64. The van der Waals surface area contributed by atoms with E-state index in [0.29, 0.717) is 31.0 Å². The number of halogens is 1. The zero-order chi connectivity index (χ0) is 23.7. The summed E-state index contributed by atoms with van der Waals surface area (Å²) < 4.78 is 38.0.